The molecule has 0 bridgehead atoms. The minimum Gasteiger partial charge on any atom is -0.497 e. The lowest BCUT2D eigenvalue weighted by Crippen LogP contribution is -2.27. The summed E-state index contributed by atoms with van der Waals surface area (Å²) in [7, 11) is 1.62. The predicted molar refractivity (Wildman–Crippen MR) is 94.6 cm³/mol. The third-order valence-corrected chi connectivity index (χ3v) is 4.00. The van der Waals surface area contributed by atoms with E-state index in [1.165, 1.54) is 0 Å². The van der Waals surface area contributed by atoms with E-state index in [-0.39, 0.29) is 11.8 Å². The minimum atomic E-state index is -0.262. The van der Waals surface area contributed by atoms with Gasteiger partial charge in [0, 0.05) is 25.1 Å². The first kappa shape index (κ1) is 16.7. The Kier molecular flexibility index (Phi) is 5.09. The normalized spacial score (nSPS) is 11.8. The Morgan fingerprint density at radius 2 is 2.12 bits per heavy atom. The SMILES string of the molecule is COc1cccc([C@H](C)C(=O)NCc2ccnc(-n3cccn3)c2)c1. The number of rotatable bonds is 6. The molecule has 6 nitrogen and oxygen atoms in total. The summed E-state index contributed by atoms with van der Waals surface area (Å²) in [5.41, 5.74) is 1.88. The number of nitrogens with zero attached hydrogens (tertiary/aromatic N) is 3. The number of nitrogens with one attached hydrogen (secondary N) is 1. The standard InChI is InChI=1S/C19H20N4O2/c1-14(16-5-3-6-17(12-16)25-2)19(24)21-13-15-7-9-20-18(11-15)23-10-4-8-22-23/h3-12,14H,13H2,1-2H3,(H,21,24)/t14-/m0/s1. The molecule has 1 amide bonds. The fourth-order valence-corrected chi connectivity index (χ4v) is 2.50. The third kappa shape index (κ3) is 4.03. The Balaban J connectivity index is 1.65. The van der Waals surface area contributed by atoms with Gasteiger partial charge in [-0.25, -0.2) is 9.67 Å². The summed E-state index contributed by atoms with van der Waals surface area (Å²) in [5, 5.41) is 7.13. The fourth-order valence-electron chi connectivity index (χ4n) is 2.50. The number of carbonyl (C=O) groups is 1. The van der Waals surface area contributed by atoms with E-state index in [2.05, 4.69) is 15.4 Å². The van der Waals surface area contributed by atoms with E-state index < -0.39 is 0 Å². The van der Waals surface area contributed by atoms with Crippen LogP contribution in [-0.4, -0.2) is 27.8 Å². The number of amides is 1. The average molecular weight is 336 g/mol. The van der Waals surface area contributed by atoms with Crippen molar-refractivity contribution in [3.05, 3.63) is 72.2 Å². The highest BCUT2D eigenvalue weighted by atomic mass is 16.5. The van der Waals surface area contributed by atoms with Gasteiger partial charge in [-0.1, -0.05) is 12.1 Å². The Hall–Kier alpha value is -3.15. The molecule has 0 aliphatic rings. The molecule has 0 unspecified atom stereocenters. The van der Waals surface area contributed by atoms with Crippen LogP contribution < -0.4 is 10.1 Å². The van der Waals surface area contributed by atoms with Crippen molar-refractivity contribution in [1.29, 1.82) is 0 Å². The first-order valence-electron chi connectivity index (χ1n) is 8.04. The van der Waals surface area contributed by atoms with Crippen LogP contribution in [0.2, 0.25) is 0 Å². The average Bonchev–Trinajstić information content (AvgIpc) is 3.20. The largest absolute Gasteiger partial charge is 0.497 e. The summed E-state index contributed by atoms with van der Waals surface area (Å²) < 4.78 is 6.90. The van der Waals surface area contributed by atoms with Gasteiger partial charge in [-0.05, 0) is 48.4 Å². The molecule has 1 atom stereocenters. The van der Waals surface area contributed by atoms with Crippen molar-refractivity contribution in [3.8, 4) is 11.6 Å². The van der Waals surface area contributed by atoms with Gasteiger partial charge in [0.2, 0.25) is 5.91 Å². The van der Waals surface area contributed by atoms with Crippen LogP contribution in [0.1, 0.15) is 24.0 Å². The molecule has 0 radical (unpaired) electrons. The van der Waals surface area contributed by atoms with Crippen LogP contribution in [0, 0.1) is 0 Å². The first-order valence-corrected chi connectivity index (χ1v) is 8.04. The minimum absolute atomic E-state index is 0.0364. The molecule has 1 aromatic carbocycles. The van der Waals surface area contributed by atoms with Crippen LogP contribution in [0.5, 0.6) is 5.75 Å². The van der Waals surface area contributed by atoms with E-state index >= 15 is 0 Å². The highest BCUT2D eigenvalue weighted by molar-refractivity contribution is 5.83. The van der Waals surface area contributed by atoms with E-state index in [1.54, 1.807) is 24.2 Å². The molecule has 0 fully saturated rings. The van der Waals surface area contributed by atoms with Gasteiger partial charge in [-0.3, -0.25) is 4.79 Å². The molecule has 0 aliphatic carbocycles. The third-order valence-electron chi connectivity index (χ3n) is 4.00. The zero-order valence-corrected chi connectivity index (χ0v) is 14.2. The molecule has 1 N–H and O–H groups in total. The van der Waals surface area contributed by atoms with Crippen LogP contribution in [-0.2, 0) is 11.3 Å². The molecule has 6 heteroatoms. The summed E-state index contributed by atoms with van der Waals surface area (Å²) in [4.78, 5) is 16.7. The number of methoxy groups -OCH3 is 1. The van der Waals surface area contributed by atoms with E-state index in [0.717, 1.165) is 22.7 Å². The van der Waals surface area contributed by atoms with Gasteiger partial charge in [-0.15, -0.1) is 0 Å². The molecule has 0 aliphatic heterocycles. The second-order valence-electron chi connectivity index (χ2n) is 5.69. The van der Waals surface area contributed by atoms with Gasteiger partial charge >= 0.3 is 0 Å². The molecule has 3 rings (SSSR count). The molecule has 3 aromatic rings. The van der Waals surface area contributed by atoms with Crippen LogP contribution in [0.25, 0.3) is 5.82 Å². The number of ether oxygens (including phenoxy) is 1. The molecule has 128 valence electrons. The Morgan fingerprint density at radius 3 is 2.88 bits per heavy atom. The number of aromatic nitrogens is 3. The summed E-state index contributed by atoms with van der Waals surface area (Å²) in [6.07, 6.45) is 5.24. The molecule has 0 saturated heterocycles. The summed E-state index contributed by atoms with van der Waals surface area (Å²) >= 11 is 0. The molecule has 25 heavy (non-hydrogen) atoms. The highest BCUT2D eigenvalue weighted by Gasteiger charge is 2.15. The maximum absolute atomic E-state index is 12.4. The van der Waals surface area contributed by atoms with Crippen molar-refractivity contribution in [2.24, 2.45) is 0 Å². The van der Waals surface area contributed by atoms with Crippen molar-refractivity contribution in [1.82, 2.24) is 20.1 Å². The lowest BCUT2D eigenvalue weighted by molar-refractivity contribution is -0.122. The van der Waals surface area contributed by atoms with Gasteiger partial charge in [0.05, 0.1) is 13.0 Å². The van der Waals surface area contributed by atoms with Crippen LogP contribution in [0.3, 0.4) is 0 Å². The van der Waals surface area contributed by atoms with Crippen LogP contribution >= 0.6 is 0 Å². The number of hydrogen-bond acceptors (Lipinski definition) is 4. The zero-order valence-electron chi connectivity index (χ0n) is 14.2. The van der Waals surface area contributed by atoms with Gasteiger partial charge in [0.15, 0.2) is 5.82 Å². The van der Waals surface area contributed by atoms with Gasteiger partial charge in [0.1, 0.15) is 5.75 Å². The topological polar surface area (TPSA) is 69.0 Å². The van der Waals surface area contributed by atoms with Gasteiger partial charge < -0.3 is 10.1 Å². The summed E-state index contributed by atoms with van der Waals surface area (Å²) in [6.45, 7) is 2.32. The van der Waals surface area contributed by atoms with Gasteiger partial charge in [0.25, 0.3) is 0 Å². The van der Waals surface area contributed by atoms with Crippen molar-refractivity contribution in [3.63, 3.8) is 0 Å². The summed E-state index contributed by atoms with van der Waals surface area (Å²) in [6, 6.07) is 13.2. The van der Waals surface area contributed by atoms with Crippen LogP contribution in [0.15, 0.2) is 61.1 Å². The summed E-state index contributed by atoms with van der Waals surface area (Å²) in [5.74, 6) is 1.17. The Morgan fingerprint density at radius 1 is 1.24 bits per heavy atom. The van der Waals surface area contributed by atoms with Crippen molar-refractivity contribution < 1.29 is 9.53 Å². The second kappa shape index (κ2) is 7.61. The Bertz CT molecular complexity index is 846. The molecular formula is C19H20N4O2. The highest BCUT2D eigenvalue weighted by Crippen LogP contribution is 2.20. The van der Waals surface area contributed by atoms with Gasteiger partial charge in [-0.2, -0.15) is 5.10 Å². The molecule has 0 saturated carbocycles. The monoisotopic (exact) mass is 336 g/mol. The first-order chi connectivity index (χ1) is 12.2. The molecule has 2 heterocycles. The lowest BCUT2D eigenvalue weighted by atomic mass is 10.00. The van der Waals surface area contributed by atoms with E-state index in [1.807, 2.05) is 55.6 Å². The smallest absolute Gasteiger partial charge is 0.227 e. The molecule has 0 spiro atoms. The molecule has 2 aromatic heterocycles. The number of benzene rings is 1. The predicted octanol–water partition coefficient (Wildman–Crippen LogP) is 2.70. The maximum Gasteiger partial charge on any atom is 0.227 e. The maximum atomic E-state index is 12.4. The lowest BCUT2D eigenvalue weighted by Gasteiger charge is -2.14. The van der Waals surface area contributed by atoms with E-state index in [4.69, 9.17) is 4.74 Å². The quantitative estimate of drug-likeness (QED) is 0.751. The van der Waals surface area contributed by atoms with Crippen molar-refractivity contribution >= 4 is 5.91 Å². The van der Waals surface area contributed by atoms with Crippen molar-refractivity contribution in [2.45, 2.75) is 19.4 Å². The second-order valence-corrected chi connectivity index (χ2v) is 5.69. The zero-order chi connectivity index (χ0) is 17.6. The number of carbonyl (C=O) groups excluding carboxylic acids is 1. The van der Waals surface area contributed by atoms with Crippen LogP contribution in [0.4, 0.5) is 0 Å². The van der Waals surface area contributed by atoms with E-state index in [0.29, 0.717) is 6.54 Å². The van der Waals surface area contributed by atoms with E-state index in [9.17, 15) is 4.79 Å². The van der Waals surface area contributed by atoms with Crippen molar-refractivity contribution in [2.75, 3.05) is 7.11 Å². The number of pyridine rings is 1. The Labute approximate surface area is 146 Å². The fraction of sp³-hybridized carbons (Fsp3) is 0.211. The number of hydrogen-bond donors (Lipinski definition) is 1. The molecular weight excluding hydrogens is 316 g/mol.